The number of ether oxygens (including phenoxy) is 1. The van der Waals surface area contributed by atoms with Crippen LogP contribution in [0.15, 0.2) is 12.7 Å². The van der Waals surface area contributed by atoms with Gasteiger partial charge in [0.15, 0.2) is 0 Å². The molecule has 0 aliphatic carbocycles. The minimum atomic E-state index is -0.461. The average Bonchev–Trinajstić information content (AvgIpc) is 2.39. The molecule has 1 fully saturated rings. The van der Waals surface area contributed by atoms with E-state index in [9.17, 15) is 4.79 Å². The molecule has 0 N–H and O–H groups in total. The number of cyclic esters (lactones) is 1. The van der Waals surface area contributed by atoms with Crippen LogP contribution in [-0.4, -0.2) is 11.6 Å². The van der Waals surface area contributed by atoms with Crippen LogP contribution in [0.2, 0.25) is 0 Å². The molecule has 110 valence electrons. The molecule has 1 saturated heterocycles. The van der Waals surface area contributed by atoms with Crippen LogP contribution >= 0.6 is 0 Å². The summed E-state index contributed by atoms with van der Waals surface area (Å²) in [6, 6.07) is 0. The second-order valence-corrected chi connectivity index (χ2v) is 6.03. The van der Waals surface area contributed by atoms with Crippen LogP contribution in [0.25, 0.3) is 0 Å². The highest BCUT2D eigenvalue weighted by molar-refractivity contribution is 5.70. The van der Waals surface area contributed by atoms with Crippen LogP contribution in [0.3, 0.4) is 0 Å². The Kier molecular flexibility index (Phi) is 7.85. The van der Waals surface area contributed by atoms with Gasteiger partial charge in [0.25, 0.3) is 0 Å². The Bertz CT molecular complexity index is 272. The number of carbonyl (C=O) groups excluding carboxylic acids is 1. The standard InChI is InChI=1S/C17H30O2/c1-3-17(2)15-13-11-9-7-5-4-6-8-10-12-14-16(18)19-17/h3H,1,4-15H2,2H3. The monoisotopic (exact) mass is 266 g/mol. The summed E-state index contributed by atoms with van der Waals surface area (Å²) in [5.41, 5.74) is -0.461. The number of hydrogen-bond acceptors (Lipinski definition) is 2. The van der Waals surface area contributed by atoms with Gasteiger partial charge in [-0.1, -0.05) is 57.9 Å². The molecule has 1 unspecified atom stereocenters. The van der Waals surface area contributed by atoms with E-state index < -0.39 is 5.60 Å². The molecule has 0 amide bonds. The first-order chi connectivity index (χ1) is 9.16. The van der Waals surface area contributed by atoms with Gasteiger partial charge in [-0.2, -0.15) is 0 Å². The van der Waals surface area contributed by atoms with Crippen molar-refractivity contribution in [2.24, 2.45) is 0 Å². The van der Waals surface area contributed by atoms with Crippen molar-refractivity contribution in [2.45, 2.75) is 89.6 Å². The highest BCUT2D eigenvalue weighted by Crippen LogP contribution is 2.23. The molecule has 0 aromatic carbocycles. The van der Waals surface area contributed by atoms with Gasteiger partial charge in [-0.05, 0) is 32.3 Å². The number of rotatable bonds is 1. The Morgan fingerprint density at radius 2 is 1.42 bits per heavy atom. The molecule has 0 bridgehead atoms. The Labute approximate surface area is 118 Å². The molecule has 1 aliphatic rings. The van der Waals surface area contributed by atoms with E-state index in [1.165, 1.54) is 44.9 Å². The maximum atomic E-state index is 11.8. The largest absolute Gasteiger partial charge is 0.455 e. The Balaban J connectivity index is 2.45. The highest BCUT2D eigenvalue weighted by atomic mass is 16.6. The zero-order chi connectivity index (χ0) is 14.0. The molecule has 1 atom stereocenters. The topological polar surface area (TPSA) is 26.3 Å². The lowest BCUT2D eigenvalue weighted by atomic mass is 9.97. The van der Waals surface area contributed by atoms with Gasteiger partial charge in [-0.15, -0.1) is 0 Å². The molecule has 2 nitrogen and oxygen atoms in total. The molecule has 0 spiro atoms. The fourth-order valence-corrected chi connectivity index (χ4v) is 2.67. The molecule has 19 heavy (non-hydrogen) atoms. The molecule has 0 aromatic heterocycles. The number of esters is 1. The molecule has 1 heterocycles. The van der Waals surface area contributed by atoms with Crippen LogP contribution in [0, 0.1) is 0 Å². The summed E-state index contributed by atoms with van der Waals surface area (Å²) in [6.07, 6.45) is 15.7. The van der Waals surface area contributed by atoms with Crippen molar-refractivity contribution < 1.29 is 9.53 Å². The van der Waals surface area contributed by atoms with Crippen LogP contribution in [0.4, 0.5) is 0 Å². The van der Waals surface area contributed by atoms with Crippen molar-refractivity contribution in [1.29, 1.82) is 0 Å². The maximum absolute atomic E-state index is 11.8. The molecule has 0 radical (unpaired) electrons. The van der Waals surface area contributed by atoms with Crippen molar-refractivity contribution in [3.05, 3.63) is 12.7 Å². The number of hydrogen-bond donors (Lipinski definition) is 0. The lowest BCUT2D eigenvalue weighted by Gasteiger charge is -2.26. The summed E-state index contributed by atoms with van der Waals surface area (Å²) in [6.45, 7) is 5.81. The fourth-order valence-electron chi connectivity index (χ4n) is 2.67. The Morgan fingerprint density at radius 1 is 0.947 bits per heavy atom. The first-order valence-corrected chi connectivity index (χ1v) is 8.02. The van der Waals surface area contributed by atoms with Crippen LogP contribution < -0.4 is 0 Å². The molecule has 2 heteroatoms. The van der Waals surface area contributed by atoms with Crippen LogP contribution in [-0.2, 0) is 9.53 Å². The van der Waals surface area contributed by atoms with Crippen molar-refractivity contribution in [3.63, 3.8) is 0 Å². The Morgan fingerprint density at radius 3 is 1.95 bits per heavy atom. The second-order valence-electron chi connectivity index (χ2n) is 6.03. The zero-order valence-corrected chi connectivity index (χ0v) is 12.6. The predicted octanol–water partition coefficient (Wildman–Crippen LogP) is 5.17. The van der Waals surface area contributed by atoms with Gasteiger partial charge in [0.05, 0.1) is 0 Å². The first-order valence-electron chi connectivity index (χ1n) is 8.02. The lowest BCUT2D eigenvalue weighted by Crippen LogP contribution is -2.29. The summed E-state index contributed by atoms with van der Waals surface area (Å²) in [7, 11) is 0. The fraction of sp³-hybridized carbons (Fsp3) is 0.824. The molecular formula is C17H30O2. The van der Waals surface area contributed by atoms with Gasteiger partial charge in [0, 0.05) is 6.42 Å². The van der Waals surface area contributed by atoms with Gasteiger partial charge in [0.2, 0.25) is 0 Å². The summed E-state index contributed by atoms with van der Waals surface area (Å²) < 4.78 is 5.61. The van der Waals surface area contributed by atoms with Gasteiger partial charge in [-0.25, -0.2) is 0 Å². The zero-order valence-electron chi connectivity index (χ0n) is 12.6. The van der Waals surface area contributed by atoms with Crippen molar-refractivity contribution in [2.75, 3.05) is 0 Å². The summed E-state index contributed by atoms with van der Waals surface area (Å²) in [4.78, 5) is 11.8. The normalized spacial score (nSPS) is 28.8. The van der Waals surface area contributed by atoms with Crippen molar-refractivity contribution in [3.8, 4) is 0 Å². The summed E-state index contributed by atoms with van der Waals surface area (Å²) >= 11 is 0. The maximum Gasteiger partial charge on any atom is 0.306 e. The smallest absolute Gasteiger partial charge is 0.306 e. The van der Waals surface area contributed by atoms with E-state index in [1.54, 1.807) is 6.08 Å². The van der Waals surface area contributed by atoms with Crippen LogP contribution in [0.1, 0.15) is 84.0 Å². The molecule has 1 rings (SSSR count). The van der Waals surface area contributed by atoms with E-state index in [1.807, 2.05) is 6.92 Å². The molecule has 0 aromatic rings. The summed E-state index contributed by atoms with van der Waals surface area (Å²) in [5.74, 6) is -0.0581. The third kappa shape index (κ3) is 7.39. The van der Waals surface area contributed by atoms with Crippen LogP contribution in [0.5, 0.6) is 0 Å². The second kappa shape index (κ2) is 9.17. The Hall–Kier alpha value is -0.790. The van der Waals surface area contributed by atoms with E-state index >= 15 is 0 Å². The molecule has 1 aliphatic heterocycles. The van der Waals surface area contributed by atoms with Gasteiger partial charge < -0.3 is 4.74 Å². The van der Waals surface area contributed by atoms with E-state index in [0.29, 0.717) is 6.42 Å². The van der Waals surface area contributed by atoms with Crippen molar-refractivity contribution in [1.82, 2.24) is 0 Å². The third-order valence-corrected chi connectivity index (χ3v) is 4.08. The highest BCUT2D eigenvalue weighted by Gasteiger charge is 2.24. The van der Waals surface area contributed by atoms with E-state index in [2.05, 4.69) is 6.58 Å². The van der Waals surface area contributed by atoms with Crippen molar-refractivity contribution >= 4 is 5.97 Å². The van der Waals surface area contributed by atoms with E-state index in [4.69, 9.17) is 4.74 Å². The quantitative estimate of drug-likeness (QED) is 0.483. The minimum Gasteiger partial charge on any atom is -0.455 e. The van der Waals surface area contributed by atoms with Gasteiger partial charge >= 0.3 is 5.97 Å². The third-order valence-electron chi connectivity index (χ3n) is 4.08. The number of carbonyl (C=O) groups is 1. The predicted molar refractivity (Wildman–Crippen MR) is 80.1 cm³/mol. The average molecular weight is 266 g/mol. The van der Waals surface area contributed by atoms with E-state index in [0.717, 1.165) is 25.7 Å². The van der Waals surface area contributed by atoms with E-state index in [-0.39, 0.29) is 5.97 Å². The first kappa shape index (κ1) is 16.3. The SMILES string of the molecule is C=CC1(C)CCCCCCCCCCCCC(=O)O1. The minimum absolute atomic E-state index is 0.0581. The van der Waals surface area contributed by atoms with Gasteiger partial charge in [-0.3, -0.25) is 4.79 Å². The van der Waals surface area contributed by atoms with Gasteiger partial charge in [0.1, 0.15) is 5.60 Å². The molecular weight excluding hydrogens is 236 g/mol. The lowest BCUT2D eigenvalue weighted by molar-refractivity contribution is -0.154. The molecule has 0 saturated carbocycles. The summed E-state index contributed by atoms with van der Waals surface area (Å²) in [5, 5.41) is 0.